The van der Waals surface area contributed by atoms with E-state index in [2.05, 4.69) is 4.98 Å². The molecule has 8 nitrogen and oxygen atoms in total. The number of ether oxygens (including phenoxy) is 2. The summed E-state index contributed by atoms with van der Waals surface area (Å²) >= 11 is 0. The summed E-state index contributed by atoms with van der Waals surface area (Å²) in [6, 6.07) is 6.05. The first-order chi connectivity index (χ1) is 16.9. The van der Waals surface area contributed by atoms with Crippen LogP contribution >= 0.6 is 0 Å². The lowest BCUT2D eigenvalue weighted by Gasteiger charge is -2.37. The topological polar surface area (TPSA) is 106 Å². The number of benzene rings is 1. The van der Waals surface area contributed by atoms with Crippen LogP contribution in [0.3, 0.4) is 0 Å². The molecule has 1 saturated heterocycles. The third-order valence-electron chi connectivity index (χ3n) is 7.35. The zero-order valence-corrected chi connectivity index (χ0v) is 20.8. The molecule has 35 heavy (non-hydrogen) atoms. The second-order valence-corrected chi connectivity index (χ2v) is 11.6. The van der Waals surface area contributed by atoms with E-state index in [9.17, 15) is 18.3 Å². The van der Waals surface area contributed by atoms with Crippen LogP contribution in [0.15, 0.2) is 35.4 Å². The fourth-order valence-corrected chi connectivity index (χ4v) is 6.86. The highest BCUT2D eigenvalue weighted by Gasteiger charge is 2.44. The maximum atomic E-state index is 14.0. The van der Waals surface area contributed by atoms with Gasteiger partial charge in [-0.25, -0.2) is 22.5 Å². The number of anilines is 1. The van der Waals surface area contributed by atoms with Crippen LogP contribution in [0.5, 0.6) is 5.75 Å². The molecule has 0 radical (unpaired) electrons. The SMILES string of the molecule is CCc1cnc2c(c1)CC[C@@H](C1CC1)N2S(=O)(=O)c1ccc(OCC2CCOCC2)c(C(=O)O)c1. The molecule has 1 saturated carbocycles. The molecule has 9 heteroatoms. The van der Waals surface area contributed by atoms with Crippen LogP contribution in [-0.2, 0) is 27.6 Å². The number of carboxylic acid groups (broad SMARTS) is 1. The van der Waals surface area contributed by atoms with Crippen molar-refractivity contribution < 1.29 is 27.8 Å². The van der Waals surface area contributed by atoms with Gasteiger partial charge in [0.1, 0.15) is 17.1 Å². The molecule has 188 valence electrons. The maximum absolute atomic E-state index is 14.0. The zero-order chi connectivity index (χ0) is 24.6. The van der Waals surface area contributed by atoms with Gasteiger partial charge in [-0.1, -0.05) is 13.0 Å². The van der Waals surface area contributed by atoms with E-state index in [1.54, 1.807) is 6.20 Å². The highest BCUT2D eigenvalue weighted by molar-refractivity contribution is 7.92. The van der Waals surface area contributed by atoms with Crippen LogP contribution in [-0.4, -0.2) is 50.3 Å². The molecule has 3 heterocycles. The lowest BCUT2D eigenvalue weighted by molar-refractivity contribution is 0.0490. The predicted octanol–water partition coefficient (Wildman–Crippen LogP) is 4.07. The van der Waals surface area contributed by atoms with Crippen molar-refractivity contribution in [3.63, 3.8) is 0 Å². The van der Waals surface area contributed by atoms with Crippen molar-refractivity contribution in [1.82, 2.24) is 4.98 Å². The molecule has 0 bridgehead atoms. The Balaban J connectivity index is 1.48. The molecule has 5 rings (SSSR count). The largest absolute Gasteiger partial charge is 0.492 e. The number of fused-ring (bicyclic) bond motifs is 1. The van der Waals surface area contributed by atoms with Crippen molar-refractivity contribution >= 4 is 21.8 Å². The summed E-state index contributed by atoms with van der Waals surface area (Å²) in [5.41, 5.74) is 1.86. The van der Waals surface area contributed by atoms with Gasteiger partial charge in [0, 0.05) is 19.4 Å². The van der Waals surface area contributed by atoms with E-state index in [4.69, 9.17) is 9.47 Å². The Bertz CT molecular complexity index is 1200. The summed E-state index contributed by atoms with van der Waals surface area (Å²) in [6.45, 7) is 3.77. The normalized spacial score (nSPS) is 20.9. The van der Waals surface area contributed by atoms with Crippen molar-refractivity contribution in [3.05, 3.63) is 47.2 Å². The molecule has 3 aliphatic rings. The van der Waals surface area contributed by atoms with Gasteiger partial charge in [-0.3, -0.25) is 0 Å². The van der Waals surface area contributed by atoms with E-state index in [0.29, 0.717) is 31.6 Å². The molecule has 0 unspecified atom stereocenters. The minimum Gasteiger partial charge on any atom is -0.492 e. The molecule has 0 amide bonds. The average Bonchev–Trinajstić information content (AvgIpc) is 3.72. The molecular weight excluding hydrogens is 468 g/mol. The smallest absolute Gasteiger partial charge is 0.339 e. The maximum Gasteiger partial charge on any atom is 0.339 e. The van der Waals surface area contributed by atoms with E-state index in [1.807, 2.05) is 13.0 Å². The van der Waals surface area contributed by atoms with E-state index in [0.717, 1.165) is 56.1 Å². The van der Waals surface area contributed by atoms with Crippen LogP contribution in [0.4, 0.5) is 5.82 Å². The number of hydrogen-bond acceptors (Lipinski definition) is 6. The van der Waals surface area contributed by atoms with E-state index in [-0.39, 0.29) is 28.2 Å². The van der Waals surface area contributed by atoms with Gasteiger partial charge in [-0.2, -0.15) is 0 Å². The third kappa shape index (κ3) is 4.89. The molecule has 1 atom stereocenters. The molecule has 2 aromatic rings. The zero-order valence-electron chi connectivity index (χ0n) is 20.0. The molecular formula is C26H32N2O6S. The van der Waals surface area contributed by atoms with Crippen molar-refractivity contribution in [2.45, 2.75) is 62.8 Å². The van der Waals surface area contributed by atoms with Crippen molar-refractivity contribution in [3.8, 4) is 5.75 Å². The number of aryl methyl sites for hydroxylation is 2. The van der Waals surface area contributed by atoms with Crippen molar-refractivity contribution in [1.29, 1.82) is 0 Å². The highest BCUT2D eigenvalue weighted by Crippen LogP contribution is 2.45. The van der Waals surface area contributed by atoms with Gasteiger partial charge in [0.05, 0.1) is 17.5 Å². The predicted molar refractivity (Wildman–Crippen MR) is 131 cm³/mol. The fraction of sp³-hybridized carbons (Fsp3) is 0.538. The van der Waals surface area contributed by atoms with Crippen LogP contribution in [0.25, 0.3) is 0 Å². The Morgan fingerprint density at radius 1 is 1.17 bits per heavy atom. The van der Waals surface area contributed by atoms with E-state index in [1.165, 1.54) is 22.5 Å². The van der Waals surface area contributed by atoms with Gasteiger partial charge >= 0.3 is 5.97 Å². The molecule has 0 spiro atoms. The number of carboxylic acids is 1. The molecule has 2 fully saturated rings. The van der Waals surface area contributed by atoms with Gasteiger partial charge in [0.25, 0.3) is 10.0 Å². The van der Waals surface area contributed by atoms with Crippen molar-refractivity contribution in [2.75, 3.05) is 24.1 Å². The second-order valence-electron chi connectivity index (χ2n) is 9.75. The van der Waals surface area contributed by atoms with Crippen LogP contribution in [0, 0.1) is 11.8 Å². The molecule has 1 aromatic heterocycles. The molecule has 1 N–H and O–H groups in total. The summed E-state index contributed by atoms with van der Waals surface area (Å²) in [5.74, 6) is 0.0460. The summed E-state index contributed by atoms with van der Waals surface area (Å²) in [4.78, 5) is 16.6. The van der Waals surface area contributed by atoms with Crippen LogP contribution in [0.2, 0.25) is 0 Å². The van der Waals surface area contributed by atoms with Gasteiger partial charge in [0.2, 0.25) is 0 Å². The molecule has 2 aliphatic heterocycles. The lowest BCUT2D eigenvalue weighted by Crippen LogP contribution is -2.45. The summed E-state index contributed by atoms with van der Waals surface area (Å²) in [5, 5.41) is 9.85. The van der Waals surface area contributed by atoms with Gasteiger partial charge in [-0.15, -0.1) is 0 Å². The monoisotopic (exact) mass is 500 g/mol. The number of aromatic carboxylic acids is 1. The summed E-state index contributed by atoms with van der Waals surface area (Å²) in [7, 11) is -4.02. The molecule has 1 aliphatic carbocycles. The summed E-state index contributed by atoms with van der Waals surface area (Å²) < 4.78 is 40.6. The first kappa shape index (κ1) is 24.1. The Hall–Kier alpha value is -2.65. The van der Waals surface area contributed by atoms with Crippen LogP contribution < -0.4 is 9.04 Å². The summed E-state index contributed by atoms with van der Waals surface area (Å²) in [6.07, 6.45) is 7.82. The quantitative estimate of drug-likeness (QED) is 0.582. The minimum atomic E-state index is -4.02. The first-order valence-corrected chi connectivity index (χ1v) is 13.9. The number of rotatable bonds is 8. The van der Waals surface area contributed by atoms with Gasteiger partial charge < -0.3 is 14.6 Å². The van der Waals surface area contributed by atoms with Gasteiger partial charge in [-0.05, 0) is 86.1 Å². The third-order valence-corrected chi connectivity index (χ3v) is 9.16. The Morgan fingerprint density at radius 3 is 2.63 bits per heavy atom. The van der Waals surface area contributed by atoms with E-state index >= 15 is 0 Å². The number of nitrogens with zero attached hydrogens (tertiary/aromatic N) is 2. The number of sulfonamides is 1. The Morgan fingerprint density at radius 2 is 1.94 bits per heavy atom. The standard InChI is InChI=1S/C26H32N2O6S/c1-2-17-13-20-5-7-23(19-3-4-19)28(25(20)27-15-17)35(31,32)21-6-8-24(22(14-21)26(29)30)34-16-18-9-11-33-12-10-18/h6,8,13-15,18-19,23H,2-5,7,9-12,16H2,1H3,(H,29,30)/t23-/m0/s1. The number of carbonyl (C=O) groups is 1. The van der Waals surface area contributed by atoms with Crippen LogP contribution in [0.1, 0.15) is 60.5 Å². The highest BCUT2D eigenvalue weighted by atomic mass is 32.2. The molecule has 1 aromatic carbocycles. The lowest BCUT2D eigenvalue weighted by atomic mass is 9.96. The number of aromatic nitrogens is 1. The number of hydrogen-bond donors (Lipinski definition) is 1. The Labute approximate surface area is 206 Å². The Kier molecular flexibility index (Phi) is 6.72. The fourth-order valence-electron chi connectivity index (χ4n) is 5.10. The van der Waals surface area contributed by atoms with E-state index < -0.39 is 16.0 Å². The minimum absolute atomic E-state index is 0.0480. The second kappa shape index (κ2) is 9.78. The van der Waals surface area contributed by atoms with Crippen molar-refractivity contribution in [2.24, 2.45) is 11.8 Å². The van der Waals surface area contributed by atoms with Gasteiger partial charge in [0.15, 0.2) is 0 Å². The number of pyridine rings is 1. The first-order valence-electron chi connectivity index (χ1n) is 12.5. The average molecular weight is 501 g/mol.